The first-order valence-electron chi connectivity index (χ1n) is 6.67. The van der Waals surface area contributed by atoms with Gasteiger partial charge in [-0.1, -0.05) is 12.1 Å². The fraction of sp³-hybridized carbons (Fsp3) is 0.500. The zero-order valence-electron chi connectivity index (χ0n) is 11.9. The predicted octanol–water partition coefficient (Wildman–Crippen LogP) is 2.12. The molecule has 1 aliphatic heterocycles. The molecule has 0 unspecified atom stereocenters. The molecule has 1 amide bonds. The van der Waals surface area contributed by atoms with Crippen molar-refractivity contribution in [1.29, 1.82) is 0 Å². The number of hydrogen-bond acceptors (Lipinski definition) is 3. The van der Waals surface area contributed by atoms with E-state index in [1.165, 1.54) is 6.07 Å². The van der Waals surface area contributed by atoms with Crippen molar-refractivity contribution in [3.63, 3.8) is 0 Å². The van der Waals surface area contributed by atoms with Crippen LogP contribution in [0.3, 0.4) is 0 Å². The second-order valence-electron chi connectivity index (χ2n) is 4.92. The van der Waals surface area contributed by atoms with Crippen molar-refractivity contribution >= 4 is 18.3 Å². The van der Waals surface area contributed by atoms with E-state index in [-0.39, 0.29) is 31.0 Å². The number of ether oxygens (including phenoxy) is 1. The summed E-state index contributed by atoms with van der Waals surface area (Å²) in [7, 11) is 0. The van der Waals surface area contributed by atoms with E-state index < -0.39 is 17.8 Å². The van der Waals surface area contributed by atoms with Crippen LogP contribution in [0.25, 0.3) is 0 Å². The third-order valence-corrected chi connectivity index (χ3v) is 3.32. The highest BCUT2D eigenvalue weighted by Crippen LogP contribution is 2.29. The zero-order valence-corrected chi connectivity index (χ0v) is 12.8. The Balaban J connectivity index is 0.00000242. The SMILES string of the molecule is C[C@H]1OCCN[C@@H]1C(=O)NCc1cccc(C(F)(F)F)c1.Cl. The molecule has 1 saturated heterocycles. The first kappa shape index (κ1) is 18.7. The van der Waals surface area contributed by atoms with E-state index in [0.717, 1.165) is 12.1 Å². The van der Waals surface area contributed by atoms with E-state index in [9.17, 15) is 18.0 Å². The van der Waals surface area contributed by atoms with Gasteiger partial charge in [0, 0.05) is 13.1 Å². The van der Waals surface area contributed by atoms with Crippen molar-refractivity contribution < 1.29 is 22.7 Å². The molecule has 0 aliphatic carbocycles. The fourth-order valence-corrected chi connectivity index (χ4v) is 2.18. The van der Waals surface area contributed by atoms with Gasteiger partial charge in [-0.2, -0.15) is 13.2 Å². The van der Waals surface area contributed by atoms with Crippen LogP contribution in [0.1, 0.15) is 18.1 Å². The number of nitrogens with one attached hydrogen (secondary N) is 2. The summed E-state index contributed by atoms with van der Waals surface area (Å²) in [4.78, 5) is 12.0. The van der Waals surface area contributed by atoms with E-state index in [0.29, 0.717) is 18.7 Å². The molecule has 1 fully saturated rings. The summed E-state index contributed by atoms with van der Waals surface area (Å²) in [6, 6.07) is 4.43. The number of hydrogen-bond donors (Lipinski definition) is 2. The van der Waals surface area contributed by atoms with Gasteiger partial charge in [0.05, 0.1) is 18.3 Å². The largest absolute Gasteiger partial charge is 0.416 e. The van der Waals surface area contributed by atoms with Gasteiger partial charge in [0.2, 0.25) is 5.91 Å². The van der Waals surface area contributed by atoms with Crippen LogP contribution in [0.4, 0.5) is 13.2 Å². The van der Waals surface area contributed by atoms with Crippen LogP contribution in [0.5, 0.6) is 0 Å². The Morgan fingerprint density at radius 1 is 1.45 bits per heavy atom. The van der Waals surface area contributed by atoms with Crippen LogP contribution in [-0.2, 0) is 22.3 Å². The molecule has 124 valence electrons. The summed E-state index contributed by atoms with van der Waals surface area (Å²) in [5.41, 5.74) is -0.315. The molecular weight excluding hydrogens is 321 g/mol. The number of carbonyl (C=O) groups excluding carboxylic acids is 1. The van der Waals surface area contributed by atoms with Gasteiger partial charge in [-0.25, -0.2) is 0 Å². The highest BCUT2D eigenvalue weighted by atomic mass is 35.5. The van der Waals surface area contributed by atoms with Crippen LogP contribution in [0.15, 0.2) is 24.3 Å². The molecule has 1 aliphatic rings. The molecule has 2 rings (SSSR count). The number of carbonyl (C=O) groups is 1. The Hall–Kier alpha value is -1.31. The minimum atomic E-state index is -4.38. The Bertz CT molecular complexity index is 511. The third kappa shape index (κ3) is 4.86. The van der Waals surface area contributed by atoms with Gasteiger partial charge in [0.1, 0.15) is 6.04 Å². The standard InChI is InChI=1S/C14H17F3N2O2.ClH/c1-9-12(18-5-6-21-9)13(20)19-8-10-3-2-4-11(7-10)14(15,16)17;/h2-4,7,9,12,18H,5-6,8H2,1H3,(H,19,20);1H/t9-,12+;/m1./s1. The number of rotatable bonds is 3. The Labute approximate surface area is 132 Å². The Morgan fingerprint density at radius 3 is 2.82 bits per heavy atom. The number of benzene rings is 1. The first-order chi connectivity index (χ1) is 9.88. The van der Waals surface area contributed by atoms with E-state index in [2.05, 4.69) is 10.6 Å². The van der Waals surface area contributed by atoms with Crippen LogP contribution in [-0.4, -0.2) is 31.2 Å². The van der Waals surface area contributed by atoms with Crippen LogP contribution >= 0.6 is 12.4 Å². The lowest BCUT2D eigenvalue weighted by molar-refractivity contribution is -0.137. The molecule has 22 heavy (non-hydrogen) atoms. The van der Waals surface area contributed by atoms with Gasteiger partial charge in [0.25, 0.3) is 0 Å². The third-order valence-electron chi connectivity index (χ3n) is 3.32. The minimum absolute atomic E-state index is 0. The molecule has 1 aromatic carbocycles. The molecule has 0 saturated carbocycles. The predicted molar refractivity (Wildman–Crippen MR) is 77.7 cm³/mol. The highest BCUT2D eigenvalue weighted by molar-refractivity contribution is 5.85. The van der Waals surface area contributed by atoms with E-state index in [4.69, 9.17) is 4.74 Å². The van der Waals surface area contributed by atoms with Gasteiger partial charge < -0.3 is 15.4 Å². The van der Waals surface area contributed by atoms with Gasteiger partial charge >= 0.3 is 6.18 Å². The molecule has 0 radical (unpaired) electrons. The maximum atomic E-state index is 12.6. The molecule has 1 heterocycles. The summed E-state index contributed by atoms with van der Waals surface area (Å²) < 4.78 is 43.1. The number of alkyl halides is 3. The van der Waals surface area contributed by atoms with Crippen LogP contribution < -0.4 is 10.6 Å². The molecular formula is C14H18ClF3N2O2. The zero-order chi connectivity index (χ0) is 15.5. The van der Waals surface area contributed by atoms with Gasteiger partial charge in [-0.05, 0) is 24.6 Å². The average Bonchev–Trinajstić information content (AvgIpc) is 2.45. The second kappa shape index (κ2) is 7.80. The smallest absolute Gasteiger partial charge is 0.375 e. The summed E-state index contributed by atoms with van der Waals surface area (Å²) in [5, 5.41) is 5.65. The lowest BCUT2D eigenvalue weighted by Gasteiger charge is -2.29. The lowest BCUT2D eigenvalue weighted by atomic mass is 10.1. The normalized spacial score (nSPS) is 21.8. The second-order valence-corrected chi connectivity index (χ2v) is 4.92. The molecule has 8 heteroatoms. The molecule has 2 atom stereocenters. The molecule has 1 aromatic rings. The molecule has 4 nitrogen and oxygen atoms in total. The Morgan fingerprint density at radius 2 is 2.18 bits per heavy atom. The van der Waals surface area contributed by atoms with E-state index >= 15 is 0 Å². The minimum Gasteiger partial charge on any atom is -0.375 e. The highest BCUT2D eigenvalue weighted by Gasteiger charge is 2.31. The summed E-state index contributed by atoms with van der Waals surface area (Å²) >= 11 is 0. The Kier molecular flexibility index (Phi) is 6.65. The summed E-state index contributed by atoms with van der Waals surface area (Å²) in [6.07, 6.45) is -4.65. The monoisotopic (exact) mass is 338 g/mol. The maximum absolute atomic E-state index is 12.6. The molecule has 2 N–H and O–H groups in total. The van der Waals surface area contributed by atoms with Crippen molar-refractivity contribution in [2.75, 3.05) is 13.2 Å². The number of amides is 1. The average molecular weight is 339 g/mol. The molecule has 0 bridgehead atoms. The number of morpholine rings is 1. The quantitative estimate of drug-likeness (QED) is 0.887. The van der Waals surface area contributed by atoms with Crippen LogP contribution in [0, 0.1) is 0 Å². The van der Waals surface area contributed by atoms with Crippen molar-refractivity contribution in [2.24, 2.45) is 0 Å². The van der Waals surface area contributed by atoms with Crippen molar-refractivity contribution in [1.82, 2.24) is 10.6 Å². The van der Waals surface area contributed by atoms with E-state index in [1.807, 2.05) is 0 Å². The van der Waals surface area contributed by atoms with Crippen molar-refractivity contribution in [3.05, 3.63) is 35.4 Å². The maximum Gasteiger partial charge on any atom is 0.416 e. The first-order valence-corrected chi connectivity index (χ1v) is 6.67. The summed E-state index contributed by atoms with van der Waals surface area (Å²) in [5.74, 6) is -0.278. The molecule has 0 aromatic heterocycles. The van der Waals surface area contributed by atoms with Gasteiger partial charge in [-0.15, -0.1) is 12.4 Å². The van der Waals surface area contributed by atoms with Gasteiger partial charge in [0.15, 0.2) is 0 Å². The number of halogens is 4. The van der Waals surface area contributed by atoms with Crippen LogP contribution in [0.2, 0.25) is 0 Å². The van der Waals surface area contributed by atoms with Crippen molar-refractivity contribution in [3.8, 4) is 0 Å². The lowest BCUT2D eigenvalue weighted by Crippen LogP contribution is -2.55. The topological polar surface area (TPSA) is 50.4 Å². The van der Waals surface area contributed by atoms with Gasteiger partial charge in [-0.3, -0.25) is 4.79 Å². The fourth-order valence-electron chi connectivity index (χ4n) is 2.18. The van der Waals surface area contributed by atoms with Crippen molar-refractivity contribution in [2.45, 2.75) is 31.8 Å². The van der Waals surface area contributed by atoms with E-state index in [1.54, 1.807) is 13.0 Å². The molecule has 0 spiro atoms. The summed E-state index contributed by atoms with van der Waals surface area (Å²) in [6.45, 7) is 2.94.